The normalized spacial score (nSPS) is 14.2. The molecule has 1 aromatic carbocycles. The monoisotopic (exact) mass is 442 g/mol. The third kappa shape index (κ3) is 7.01. The fourth-order valence-corrected chi connectivity index (χ4v) is 5.08. The van der Waals surface area contributed by atoms with Crippen LogP contribution in [0.3, 0.4) is 0 Å². The van der Waals surface area contributed by atoms with Crippen LogP contribution in [-0.4, -0.2) is 41.9 Å². The van der Waals surface area contributed by atoms with Gasteiger partial charge in [-0.1, -0.05) is 62.4 Å². The van der Waals surface area contributed by atoms with Crippen molar-refractivity contribution in [2.45, 2.75) is 69.0 Å². The van der Waals surface area contributed by atoms with Crippen LogP contribution in [0, 0.1) is 0 Å². The van der Waals surface area contributed by atoms with E-state index in [9.17, 15) is 22.0 Å². The Morgan fingerprint density at radius 1 is 0.793 bits per heavy atom. The second-order valence-corrected chi connectivity index (χ2v) is 9.99. The summed E-state index contributed by atoms with van der Waals surface area (Å²) in [7, 11) is -1.37. The van der Waals surface area contributed by atoms with Crippen molar-refractivity contribution in [3.63, 3.8) is 0 Å². The minimum absolute atomic E-state index is 0.0118. The third-order valence-corrected chi connectivity index (χ3v) is 7.74. The molecule has 0 aliphatic heterocycles. The van der Waals surface area contributed by atoms with E-state index in [-0.39, 0.29) is 24.8 Å². The summed E-state index contributed by atoms with van der Waals surface area (Å²) in [6, 6.07) is 7.70. The second-order valence-electron chi connectivity index (χ2n) is 6.99. The smallest absolute Gasteiger partial charge is 0.373 e. The average molecular weight is 443 g/mol. The van der Waals surface area contributed by atoms with Crippen LogP contribution in [0.25, 0.3) is 0 Å². The highest BCUT2D eigenvalue weighted by Crippen LogP contribution is 2.36. The Morgan fingerprint density at radius 3 is 1.79 bits per heavy atom. The summed E-state index contributed by atoms with van der Waals surface area (Å²) in [6.07, 6.45) is 0.170. The Labute approximate surface area is 170 Å². The van der Waals surface area contributed by atoms with Crippen molar-refractivity contribution in [3.8, 4) is 0 Å². The van der Waals surface area contributed by atoms with Crippen LogP contribution in [0.15, 0.2) is 30.3 Å². The first-order valence-corrected chi connectivity index (χ1v) is 11.5. The van der Waals surface area contributed by atoms with Gasteiger partial charge < -0.3 is 13.3 Å². The van der Waals surface area contributed by atoms with Crippen LogP contribution in [0.5, 0.6) is 0 Å². The van der Waals surface area contributed by atoms with E-state index in [4.69, 9.17) is 13.3 Å². The van der Waals surface area contributed by atoms with E-state index in [1.165, 1.54) is 12.1 Å². The Bertz CT molecular complexity index is 562. The van der Waals surface area contributed by atoms with Crippen molar-refractivity contribution in [1.29, 1.82) is 0 Å². The zero-order valence-corrected chi connectivity index (χ0v) is 18.2. The maximum Gasteiger partial charge on any atom is 0.577 e. The summed E-state index contributed by atoms with van der Waals surface area (Å²) < 4.78 is 84.9. The topological polar surface area (TPSA) is 27.7 Å². The lowest BCUT2D eigenvalue weighted by Gasteiger charge is -2.33. The van der Waals surface area contributed by atoms with Crippen molar-refractivity contribution < 1.29 is 35.2 Å². The zero-order chi connectivity index (χ0) is 22.0. The van der Waals surface area contributed by atoms with E-state index < -0.39 is 26.4 Å². The quantitative estimate of drug-likeness (QED) is 0.181. The molecule has 29 heavy (non-hydrogen) atoms. The van der Waals surface area contributed by atoms with E-state index in [0.29, 0.717) is 32.1 Å². The van der Waals surface area contributed by atoms with Gasteiger partial charge in [0.25, 0.3) is 5.92 Å². The average Bonchev–Trinajstić information content (AvgIpc) is 2.72. The van der Waals surface area contributed by atoms with E-state index in [1.807, 2.05) is 0 Å². The molecule has 1 atom stereocenters. The van der Waals surface area contributed by atoms with Gasteiger partial charge in [0.2, 0.25) is 0 Å². The van der Waals surface area contributed by atoms with Gasteiger partial charge in [0.05, 0.1) is 0 Å². The Morgan fingerprint density at radius 2 is 1.28 bits per heavy atom. The number of benzene rings is 1. The van der Waals surface area contributed by atoms with Gasteiger partial charge in [-0.15, -0.1) is 0 Å². The van der Waals surface area contributed by atoms with Crippen LogP contribution in [0.4, 0.5) is 22.0 Å². The van der Waals surface area contributed by atoms with Gasteiger partial charge >= 0.3 is 14.4 Å². The van der Waals surface area contributed by atoms with Gasteiger partial charge in [-0.3, -0.25) is 0 Å². The van der Waals surface area contributed by atoms with Crippen molar-refractivity contribution >= 4 is 8.80 Å². The van der Waals surface area contributed by atoms with Crippen LogP contribution < -0.4 is 0 Å². The van der Waals surface area contributed by atoms with E-state index in [0.717, 1.165) is 21.3 Å². The summed E-state index contributed by atoms with van der Waals surface area (Å²) in [5.41, 5.74) is -3.83. The number of hydrogen-bond acceptors (Lipinski definition) is 3. The summed E-state index contributed by atoms with van der Waals surface area (Å²) in [5.74, 6) is -2.85. The van der Waals surface area contributed by atoms with Gasteiger partial charge in [-0.2, -0.15) is 8.78 Å². The van der Waals surface area contributed by atoms with Crippen LogP contribution in [0.1, 0.15) is 56.9 Å². The van der Waals surface area contributed by atoms with Crippen molar-refractivity contribution in [2.75, 3.05) is 21.3 Å². The molecular weight excluding hydrogens is 411 g/mol. The Kier molecular flexibility index (Phi) is 10.7. The molecule has 0 saturated carbocycles. The summed E-state index contributed by atoms with van der Waals surface area (Å²) in [6.45, 7) is 0. The summed E-state index contributed by atoms with van der Waals surface area (Å²) in [5, 5.41) is 0. The predicted molar refractivity (Wildman–Crippen MR) is 104 cm³/mol. The maximum absolute atomic E-state index is 14.3. The first kappa shape index (κ1) is 26.0. The lowest BCUT2D eigenvalue weighted by molar-refractivity contribution is -0.0809. The molecule has 0 aliphatic carbocycles. The van der Waals surface area contributed by atoms with E-state index >= 15 is 0 Å². The molecule has 1 rings (SSSR count). The van der Waals surface area contributed by atoms with Gasteiger partial charge in [0.1, 0.15) is 0 Å². The number of rotatable bonds is 15. The number of alkyl halides is 5. The summed E-state index contributed by atoms with van der Waals surface area (Å²) in [4.78, 5) is 0. The Balaban J connectivity index is 2.25. The molecule has 0 radical (unpaired) electrons. The van der Waals surface area contributed by atoms with Gasteiger partial charge in [-0.25, -0.2) is 13.2 Å². The first-order chi connectivity index (χ1) is 13.7. The van der Waals surface area contributed by atoms with Crippen LogP contribution in [0.2, 0.25) is 0 Å². The minimum atomic E-state index is -4.42. The molecule has 0 aliphatic rings. The van der Waals surface area contributed by atoms with Gasteiger partial charge in [-0.05, 0) is 12.8 Å². The lowest BCUT2D eigenvalue weighted by atomic mass is 10.0. The molecule has 1 aromatic rings. The lowest BCUT2D eigenvalue weighted by Crippen LogP contribution is -2.63. The maximum atomic E-state index is 14.3. The molecular formula is C20H31F5O3Si. The molecule has 1 unspecified atom stereocenters. The number of hydrogen-bond donors (Lipinski definition) is 0. The Hall–Kier alpha value is -1.03. The third-order valence-electron chi connectivity index (χ3n) is 5.00. The summed E-state index contributed by atoms with van der Waals surface area (Å²) >= 11 is 0. The number of unbranched alkanes of at least 4 members (excludes halogenated alkanes) is 5. The molecule has 0 N–H and O–H groups in total. The molecule has 0 fully saturated rings. The first-order valence-electron chi connectivity index (χ1n) is 9.77. The number of halogens is 5. The van der Waals surface area contributed by atoms with Crippen molar-refractivity contribution in [1.82, 2.24) is 0 Å². The predicted octanol–water partition coefficient (Wildman–Crippen LogP) is 6.29. The molecule has 3 nitrogen and oxygen atoms in total. The standard InChI is InChI=1S/C20H31F5O3Si/c1-26-29(27-2,28-3)20(24,25)18(21)15-11-6-4-5-7-12-16-19(22,23)17-13-9-8-10-14-17/h8-10,13-14,18H,4-7,11-12,15-16H2,1-3H3. The zero-order valence-electron chi connectivity index (χ0n) is 17.2. The molecule has 0 aromatic heterocycles. The SMILES string of the molecule is CO[Si](OC)(OC)C(F)(F)C(F)CCCCCCCCC(F)(F)c1ccccc1. The molecule has 0 spiro atoms. The minimum Gasteiger partial charge on any atom is -0.373 e. The molecule has 0 amide bonds. The van der Waals surface area contributed by atoms with Crippen molar-refractivity contribution in [3.05, 3.63) is 35.9 Å². The van der Waals surface area contributed by atoms with Gasteiger partial charge in [0.15, 0.2) is 6.17 Å². The van der Waals surface area contributed by atoms with Crippen LogP contribution >= 0.6 is 0 Å². The van der Waals surface area contributed by atoms with Crippen LogP contribution in [-0.2, 0) is 19.2 Å². The molecule has 9 heteroatoms. The van der Waals surface area contributed by atoms with Crippen molar-refractivity contribution in [2.24, 2.45) is 0 Å². The fraction of sp³-hybridized carbons (Fsp3) is 0.700. The molecule has 0 saturated heterocycles. The van der Waals surface area contributed by atoms with E-state index in [2.05, 4.69) is 0 Å². The molecule has 0 bridgehead atoms. The molecule has 0 heterocycles. The van der Waals surface area contributed by atoms with Gasteiger partial charge in [0, 0.05) is 33.3 Å². The fourth-order valence-electron chi connectivity index (χ4n) is 3.24. The molecule has 168 valence electrons. The van der Waals surface area contributed by atoms with E-state index in [1.54, 1.807) is 18.2 Å². The highest BCUT2D eigenvalue weighted by Gasteiger charge is 2.67. The second kappa shape index (κ2) is 12.0. The highest BCUT2D eigenvalue weighted by atomic mass is 28.4. The largest absolute Gasteiger partial charge is 0.577 e. The highest BCUT2D eigenvalue weighted by molar-refractivity contribution is 6.63.